The Morgan fingerprint density at radius 1 is 1.05 bits per heavy atom. The third kappa shape index (κ3) is 3.27. The molecule has 0 aliphatic carbocycles. The van der Waals surface area contributed by atoms with E-state index in [1.807, 2.05) is 24.3 Å². The van der Waals surface area contributed by atoms with Crippen LogP contribution in [-0.2, 0) is 6.54 Å². The van der Waals surface area contributed by atoms with E-state index >= 15 is 0 Å². The van der Waals surface area contributed by atoms with E-state index in [4.69, 9.17) is 26.8 Å². The number of nitrogen functional groups attached to an aromatic ring is 1. The summed E-state index contributed by atoms with van der Waals surface area (Å²) in [6.45, 7) is 0.631. The normalized spacial score (nSPS) is 10.2. The molecule has 5 heteroatoms. The summed E-state index contributed by atoms with van der Waals surface area (Å²) in [7, 11) is 3.23. The third-order valence-corrected chi connectivity index (χ3v) is 3.18. The van der Waals surface area contributed by atoms with Crippen molar-refractivity contribution in [1.82, 2.24) is 0 Å². The minimum atomic E-state index is 0.623. The summed E-state index contributed by atoms with van der Waals surface area (Å²) in [5, 5.41) is 3.89. The molecule has 106 valence electrons. The van der Waals surface area contributed by atoms with Crippen molar-refractivity contribution in [3.8, 4) is 11.5 Å². The van der Waals surface area contributed by atoms with Gasteiger partial charge in [-0.05, 0) is 35.9 Å². The summed E-state index contributed by atoms with van der Waals surface area (Å²) >= 11 is 5.87. The van der Waals surface area contributed by atoms with E-state index in [0.717, 1.165) is 11.3 Å². The van der Waals surface area contributed by atoms with Gasteiger partial charge in [0, 0.05) is 11.6 Å². The van der Waals surface area contributed by atoms with Gasteiger partial charge >= 0.3 is 0 Å². The van der Waals surface area contributed by atoms with Gasteiger partial charge < -0.3 is 20.5 Å². The fourth-order valence-electron chi connectivity index (χ4n) is 1.88. The van der Waals surface area contributed by atoms with Gasteiger partial charge in [-0.1, -0.05) is 17.7 Å². The fourth-order valence-corrected chi connectivity index (χ4v) is 2.06. The third-order valence-electron chi connectivity index (χ3n) is 2.94. The monoisotopic (exact) mass is 292 g/mol. The molecule has 0 atom stereocenters. The van der Waals surface area contributed by atoms with E-state index in [-0.39, 0.29) is 0 Å². The van der Waals surface area contributed by atoms with Crippen molar-refractivity contribution in [3.63, 3.8) is 0 Å². The summed E-state index contributed by atoms with van der Waals surface area (Å²) in [4.78, 5) is 0. The van der Waals surface area contributed by atoms with Gasteiger partial charge in [-0.25, -0.2) is 0 Å². The van der Waals surface area contributed by atoms with Gasteiger partial charge in [0.2, 0.25) is 0 Å². The molecule has 0 heterocycles. The Bertz CT molecular complexity index is 602. The van der Waals surface area contributed by atoms with Crippen LogP contribution >= 0.6 is 11.6 Å². The molecule has 0 amide bonds. The molecular weight excluding hydrogens is 276 g/mol. The van der Waals surface area contributed by atoms with Gasteiger partial charge in [0.25, 0.3) is 0 Å². The van der Waals surface area contributed by atoms with Crippen molar-refractivity contribution in [2.45, 2.75) is 6.54 Å². The van der Waals surface area contributed by atoms with Gasteiger partial charge in [0.05, 0.1) is 25.6 Å². The highest BCUT2D eigenvalue weighted by molar-refractivity contribution is 6.31. The highest BCUT2D eigenvalue weighted by atomic mass is 35.5. The highest BCUT2D eigenvalue weighted by Gasteiger charge is 2.05. The van der Waals surface area contributed by atoms with Crippen molar-refractivity contribution in [2.24, 2.45) is 0 Å². The SMILES string of the molecule is COc1ccc(CNc2ccc(Cl)cc2N)cc1OC. The zero-order chi connectivity index (χ0) is 14.5. The molecule has 3 N–H and O–H groups in total. The maximum absolute atomic E-state index is 5.90. The molecule has 0 aliphatic rings. The average molecular weight is 293 g/mol. The zero-order valence-corrected chi connectivity index (χ0v) is 12.2. The quantitative estimate of drug-likeness (QED) is 0.828. The van der Waals surface area contributed by atoms with Crippen molar-refractivity contribution < 1.29 is 9.47 Å². The number of methoxy groups -OCH3 is 2. The maximum atomic E-state index is 5.90. The van der Waals surface area contributed by atoms with E-state index < -0.39 is 0 Å². The number of hydrogen-bond acceptors (Lipinski definition) is 4. The summed E-state index contributed by atoms with van der Waals surface area (Å²) in [6, 6.07) is 11.2. The Morgan fingerprint density at radius 2 is 1.80 bits per heavy atom. The molecule has 0 spiro atoms. The van der Waals surface area contributed by atoms with E-state index in [2.05, 4.69) is 5.32 Å². The number of nitrogens with one attached hydrogen (secondary N) is 1. The van der Waals surface area contributed by atoms with Crippen LogP contribution in [0, 0.1) is 0 Å². The van der Waals surface area contributed by atoms with Crippen LogP contribution < -0.4 is 20.5 Å². The van der Waals surface area contributed by atoms with Crippen LogP contribution in [0.25, 0.3) is 0 Å². The van der Waals surface area contributed by atoms with Crippen molar-refractivity contribution in [2.75, 3.05) is 25.3 Å². The van der Waals surface area contributed by atoms with Crippen LogP contribution in [0.5, 0.6) is 11.5 Å². The number of rotatable bonds is 5. The topological polar surface area (TPSA) is 56.5 Å². The van der Waals surface area contributed by atoms with Crippen LogP contribution in [0.15, 0.2) is 36.4 Å². The molecule has 0 aromatic heterocycles. The Kier molecular flexibility index (Phi) is 4.58. The second-order valence-corrected chi connectivity index (χ2v) is 4.71. The predicted molar refractivity (Wildman–Crippen MR) is 82.7 cm³/mol. The molecule has 2 aromatic carbocycles. The lowest BCUT2D eigenvalue weighted by molar-refractivity contribution is 0.354. The Labute approximate surface area is 123 Å². The first-order valence-electron chi connectivity index (χ1n) is 6.14. The number of hydrogen-bond donors (Lipinski definition) is 2. The number of benzene rings is 2. The van der Waals surface area contributed by atoms with Crippen molar-refractivity contribution in [1.29, 1.82) is 0 Å². The molecule has 0 saturated carbocycles. The maximum Gasteiger partial charge on any atom is 0.161 e. The van der Waals surface area contributed by atoms with E-state index in [0.29, 0.717) is 28.8 Å². The van der Waals surface area contributed by atoms with Gasteiger partial charge in [-0.2, -0.15) is 0 Å². The minimum absolute atomic E-state index is 0.623. The van der Waals surface area contributed by atoms with E-state index in [9.17, 15) is 0 Å². The summed E-state index contributed by atoms with van der Waals surface area (Å²) < 4.78 is 10.5. The average Bonchev–Trinajstić information content (AvgIpc) is 2.46. The Morgan fingerprint density at radius 3 is 2.45 bits per heavy atom. The van der Waals surface area contributed by atoms with Crippen LogP contribution in [0.1, 0.15) is 5.56 Å². The first-order valence-corrected chi connectivity index (χ1v) is 6.51. The first-order chi connectivity index (χ1) is 9.63. The lowest BCUT2D eigenvalue weighted by Crippen LogP contribution is -2.03. The first kappa shape index (κ1) is 14.3. The molecule has 20 heavy (non-hydrogen) atoms. The van der Waals surface area contributed by atoms with Gasteiger partial charge in [0.1, 0.15) is 0 Å². The zero-order valence-electron chi connectivity index (χ0n) is 11.4. The number of nitrogens with two attached hydrogens (primary N) is 1. The number of ether oxygens (including phenoxy) is 2. The molecule has 2 aromatic rings. The molecule has 0 fully saturated rings. The standard InChI is InChI=1S/C15H17ClN2O2/c1-19-14-6-3-10(7-15(14)20-2)9-18-13-5-4-11(16)8-12(13)17/h3-8,18H,9,17H2,1-2H3. The number of anilines is 2. The van der Waals surface area contributed by atoms with E-state index in [1.165, 1.54) is 0 Å². The van der Waals surface area contributed by atoms with Crippen molar-refractivity contribution in [3.05, 3.63) is 47.0 Å². The molecular formula is C15H17ClN2O2. The molecule has 0 saturated heterocycles. The Hall–Kier alpha value is -2.07. The minimum Gasteiger partial charge on any atom is -0.493 e. The highest BCUT2D eigenvalue weighted by Crippen LogP contribution is 2.28. The second kappa shape index (κ2) is 6.39. The largest absolute Gasteiger partial charge is 0.493 e. The van der Waals surface area contributed by atoms with Crippen molar-refractivity contribution >= 4 is 23.0 Å². The second-order valence-electron chi connectivity index (χ2n) is 4.27. The van der Waals surface area contributed by atoms with Crippen LogP contribution in [-0.4, -0.2) is 14.2 Å². The summed E-state index contributed by atoms with van der Waals surface area (Å²) in [5.41, 5.74) is 8.44. The summed E-state index contributed by atoms with van der Waals surface area (Å²) in [5.74, 6) is 1.41. The van der Waals surface area contributed by atoms with Gasteiger partial charge in [0.15, 0.2) is 11.5 Å². The van der Waals surface area contributed by atoms with Gasteiger partial charge in [-0.15, -0.1) is 0 Å². The molecule has 0 unspecified atom stereocenters. The molecule has 0 aliphatic heterocycles. The number of halogens is 1. The predicted octanol–water partition coefficient (Wildman–Crippen LogP) is 3.55. The lowest BCUT2D eigenvalue weighted by atomic mass is 10.2. The van der Waals surface area contributed by atoms with Gasteiger partial charge in [-0.3, -0.25) is 0 Å². The molecule has 0 radical (unpaired) electrons. The van der Waals surface area contributed by atoms with Crippen LogP contribution in [0.3, 0.4) is 0 Å². The molecule has 2 rings (SSSR count). The fraction of sp³-hybridized carbons (Fsp3) is 0.200. The Balaban J connectivity index is 2.10. The lowest BCUT2D eigenvalue weighted by Gasteiger charge is -2.12. The molecule has 4 nitrogen and oxygen atoms in total. The van der Waals surface area contributed by atoms with Crippen LogP contribution in [0.2, 0.25) is 5.02 Å². The molecule has 0 bridgehead atoms. The van der Waals surface area contributed by atoms with Crippen LogP contribution in [0.4, 0.5) is 11.4 Å². The van der Waals surface area contributed by atoms with E-state index in [1.54, 1.807) is 26.4 Å². The summed E-state index contributed by atoms with van der Waals surface area (Å²) in [6.07, 6.45) is 0. The smallest absolute Gasteiger partial charge is 0.161 e.